The first kappa shape index (κ1) is 23.2. The van der Waals surface area contributed by atoms with Gasteiger partial charge in [-0.2, -0.15) is 0 Å². The van der Waals surface area contributed by atoms with Gasteiger partial charge in [0, 0.05) is 51.4 Å². The molecule has 1 atom stereocenters. The first-order valence-electron chi connectivity index (χ1n) is 11.5. The zero-order valence-corrected chi connectivity index (χ0v) is 19.4. The lowest BCUT2D eigenvalue weighted by molar-refractivity contribution is -0.118. The minimum Gasteiger partial charge on any atom is -0.378 e. The molecule has 8 heteroatoms. The van der Waals surface area contributed by atoms with E-state index in [2.05, 4.69) is 38.4 Å². The van der Waals surface area contributed by atoms with Crippen LogP contribution in [0.25, 0.3) is 0 Å². The predicted octanol–water partition coefficient (Wildman–Crippen LogP) is 1.81. The number of benzene rings is 2. The molecule has 0 saturated carbocycles. The molecule has 8 nitrogen and oxygen atoms in total. The smallest absolute Gasteiger partial charge is 0.251 e. The molecule has 2 aromatic carbocycles. The van der Waals surface area contributed by atoms with Crippen molar-refractivity contribution < 1.29 is 14.3 Å². The Labute approximate surface area is 195 Å². The third kappa shape index (κ3) is 5.71. The summed E-state index contributed by atoms with van der Waals surface area (Å²) in [5, 5.41) is 5.81. The molecule has 4 rings (SSSR count). The van der Waals surface area contributed by atoms with Crippen LogP contribution in [0, 0.1) is 0 Å². The maximum Gasteiger partial charge on any atom is 0.251 e. The van der Waals surface area contributed by atoms with Crippen molar-refractivity contribution in [1.82, 2.24) is 15.1 Å². The lowest BCUT2D eigenvalue weighted by atomic mass is 10.00. The Bertz CT molecular complexity index is 976. The van der Waals surface area contributed by atoms with E-state index in [9.17, 15) is 9.59 Å². The molecule has 2 fully saturated rings. The Morgan fingerprint density at radius 2 is 1.82 bits per heavy atom. The summed E-state index contributed by atoms with van der Waals surface area (Å²) < 4.78 is 5.46. The number of piperazine rings is 1. The molecule has 2 aliphatic rings. The second-order valence-electron chi connectivity index (χ2n) is 8.60. The minimum atomic E-state index is -0.0921. The van der Waals surface area contributed by atoms with Gasteiger partial charge in [0.05, 0.1) is 31.1 Å². The average Bonchev–Trinajstić information content (AvgIpc) is 2.85. The number of ether oxygens (including phenoxy) is 1. The Hall–Kier alpha value is -2.94. The van der Waals surface area contributed by atoms with Crippen molar-refractivity contribution in [2.75, 3.05) is 76.8 Å². The van der Waals surface area contributed by atoms with Crippen molar-refractivity contribution in [3.63, 3.8) is 0 Å². The van der Waals surface area contributed by atoms with Crippen molar-refractivity contribution in [2.24, 2.45) is 0 Å². The molecular weight excluding hydrogens is 418 g/mol. The molecule has 2 amide bonds. The van der Waals surface area contributed by atoms with Crippen LogP contribution in [0.15, 0.2) is 48.5 Å². The maximum atomic E-state index is 13.0. The zero-order valence-electron chi connectivity index (χ0n) is 19.4. The minimum absolute atomic E-state index is 0.0156. The molecule has 2 saturated heterocycles. The third-order valence-electron chi connectivity index (χ3n) is 6.39. The fraction of sp³-hybridized carbons (Fsp3) is 0.440. The fourth-order valence-corrected chi connectivity index (χ4v) is 4.52. The van der Waals surface area contributed by atoms with E-state index < -0.39 is 0 Å². The molecular formula is C25H33N5O3. The van der Waals surface area contributed by atoms with Crippen molar-refractivity contribution >= 4 is 23.2 Å². The lowest BCUT2D eigenvalue weighted by Crippen LogP contribution is -2.49. The number of nitrogens with zero attached hydrogens (tertiary/aromatic N) is 3. The van der Waals surface area contributed by atoms with Crippen molar-refractivity contribution in [2.45, 2.75) is 6.04 Å². The van der Waals surface area contributed by atoms with Crippen LogP contribution in [0.4, 0.5) is 11.4 Å². The molecule has 0 aromatic heterocycles. The van der Waals surface area contributed by atoms with Crippen LogP contribution in [-0.4, -0.2) is 88.2 Å². The largest absolute Gasteiger partial charge is 0.378 e. The van der Waals surface area contributed by atoms with E-state index in [1.807, 2.05) is 42.5 Å². The second kappa shape index (κ2) is 10.8. The highest BCUT2D eigenvalue weighted by Crippen LogP contribution is 2.27. The standard InChI is InChI=1S/C25H33N5O3/c1-26-25(32)20-7-5-6-19(16-20)23-17-29(11-10-28(23)2)18-24(31)27-21-8-3-4-9-22(21)30-12-14-33-15-13-30/h3-9,16,23H,10-15,17-18H2,1-2H3,(H,26,32)(H,27,31)/t23-/m0/s1. The summed E-state index contributed by atoms with van der Waals surface area (Å²) in [5.41, 5.74) is 3.61. The summed E-state index contributed by atoms with van der Waals surface area (Å²) in [5.74, 6) is -0.108. The monoisotopic (exact) mass is 451 g/mol. The third-order valence-corrected chi connectivity index (χ3v) is 6.39. The molecule has 2 heterocycles. The lowest BCUT2D eigenvalue weighted by Gasteiger charge is -2.39. The number of morpholine rings is 1. The topological polar surface area (TPSA) is 77.2 Å². The maximum absolute atomic E-state index is 13.0. The van der Waals surface area contributed by atoms with Crippen LogP contribution < -0.4 is 15.5 Å². The summed E-state index contributed by atoms with van der Waals surface area (Å²) in [6.07, 6.45) is 0. The molecule has 176 valence electrons. The summed E-state index contributed by atoms with van der Waals surface area (Å²) in [6.45, 7) is 5.78. The summed E-state index contributed by atoms with van der Waals surface area (Å²) >= 11 is 0. The van der Waals surface area contributed by atoms with Crippen LogP contribution in [-0.2, 0) is 9.53 Å². The van der Waals surface area contributed by atoms with E-state index in [0.29, 0.717) is 25.3 Å². The van der Waals surface area contributed by atoms with Gasteiger partial charge < -0.3 is 20.3 Å². The summed E-state index contributed by atoms with van der Waals surface area (Å²) in [6, 6.07) is 15.8. The summed E-state index contributed by atoms with van der Waals surface area (Å²) in [7, 11) is 3.73. The van der Waals surface area contributed by atoms with Gasteiger partial charge in [-0.3, -0.25) is 19.4 Å². The zero-order chi connectivity index (χ0) is 23.2. The Morgan fingerprint density at radius 3 is 2.61 bits per heavy atom. The highest BCUT2D eigenvalue weighted by molar-refractivity contribution is 5.95. The van der Waals surface area contributed by atoms with E-state index in [4.69, 9.17) is 4.74 Å². The number of hydrogen-bond donors (Lipinski definition) is 2. The molecule has 2 aromatic rings. The number of carbonyl (C=O) groups is 2. The molecule has 0 aliphatic carbocycles. The van der Waals surface area contributed by atoms with Crippen LogP contribution in [0.1, 0.15) is 22.0 Å². The van der Waals surface area contributed by atoms with E-state index in [1.54, 1.807) is 7.05 Å². The van der Waals surface area contributed by atoms with Crippen LogP contribution in [0.3, 0.4) is 0 Å². The molecule has 0 radical (unpaired) electrons. The number of nitrogens with one attached hydrogen (secondary N) is 2. The second-order valence-corrected chi connectivity index (χ2v) is 8.60. The molecule has 33 heavy (non-hydrogen) atoms. The van der Waals surface area contributed by atoms with Crippen LogP contribution in [0.2, 0.25) is 0 Å². The van der Waals surface area contributed by atoms with Gasteiger partial charge in [0.1, 0.15) is 0 Å². The summed E-state index contributed by atoms with van der Waals surface area (Å²) in [4.78, 5) is 31.7. The van der Waals surface area contributed by atoms with Crippen LogP contribution >= 0.6 is 0 Å². The van der Waals surface area contributed by atoms with Gasteiger partial charge >= 0.3 is 0 Å². The van der Waals surface area contributed by atoms with Crippen molar-refractivity contribution in [3.05, 3.63) is 59.7 Å². The van der Waals surface area contributed by atoms with Gasteiger partial charge in [0.15, 0.2) is 0 Å². The first-order valence-corrected chi connectivity index (χ1v) is 11.5. The Balaban J connectivity index is 1.41. The van der Waals surface area contributed by atoms with Gasteiger partial charge in [-0.15, -0.1) is 0 Å². The normalized spacial score (nSPS) is 19.8. The number of carbonyl (C=O) groups excluding carboxylic acids is 2. The number of anilines is 2. The fourth-order valence-electron chi connectivity index (χ4n) is 4.52. The van der Waals surface area contributed by atoms with E-state index >= 15 is 0 Å². The van der Waals surface area contributed by atoms with Crippen molar-refractivity contribution in [1.29, 1.82) is 0 Å². The van der Waals surface area contributed by atoms with Crippen molar-refractivity contribution in [3.8, 4) is 0 Å². The van der Waals surface area contributed by atoms with E-state index in [0.717, 1.165) is 49.7 Å². The first-order chi connectivity index (χ1) is 16.0. The molecule has 2 N–H and O–H groups in total. The van der Waals surface area contributed by atoms with Gasteiger partial charge in [-0.05, 0) is 36.9 Å². The number of para-hydroxylation sites is 2. The highest BCUT2D eigenvalue weighted by Gasteiger charge is 2.27. The van der Waals surface area contributed by atoms with Gasteiger partial charge in [0.25, 0.3) is 5.91 Å². The van der Waals surface area contributed by atoms with Gasteiger partial charge in [-0.25, -0.2) is 0 Å². The number of hydrogen-bond acceptors (Lipinski definition) is 6. The Kier molecular flexibility index (Phi) is 7.59. The number of likely N-dealkylation sites (N-methyl/N-ethyl adjacent to an activating group) is 1. The highest BCUT2D eigenvalue weighted by atomic mass is 16.5. The SMILES string of the molecule is CNC(=O)c1cccc([C@@H]2CN(CC(=O)Nc3ccccc3N3CCOCC3)CCN2C)c1. The molecule has 0 bridgehead atoms. The molecule has 0 spiro atoms. The van der Waals surface area contributed by atoms with E-state index in [1.165, 1.54) is 0 Å². The van der Waals surface area contributed by atoms with E-state index in [-0.39, 0.29) is 17.9 Å². The predicted molar refractivity (Wildman–Crippen MR) is 130 cm³/mol. The number of amides is 2. The number of rotatable bonds is 6. The quantitative estimate of drug-likeness (QED) is 0.698. The van der Waals surface area contributed by atoms with Gasteiger partial charge in [0.2, 0.25) is 5.91 Å². The van der Waals surface area contributed by atoms with Gasteiger partial charge in [-0.1, -0.05) is 24.3 Å². The molecule has 2 aliphatic heterocycles. The Morgan fingerprint density at radius 1 is 1.03 bits per heavy atom. The molecule has 0 unspecified atom stereocenters. The van der Waals surface area contributed by atoms with Crippen LogP contribution in [0.5, 0.6) is 0 Å². The average molecular weight is 452 g/mol.